The van der Waals surface area contributed by atoms with Crippen LogP contribution in [0.2, 0.25) is 0 Å². The molecule has 2 aliphatic rings. The zero-order valence-electron chi connectivity index (χ0n) is 16.2. The third-order valence-corrected chi connectivity index (χ3v) is 5.19. The molecule has 1 aliphatic carbocycles. The lowest BCUT2D eigenvalue weighted by Gasteiger charge is -2.19. The Kier molecular flexibility index (Phi) is 4.23. The Morgan fingerprint density at radius 3 is 2.41 bits per heavy atom. The van der Waals surface area contributed by atoms with Gasteiger partial charge in [-0.05, 0) is 62.1 Å². The number of rotatable bonds is 3. The molecule has 0 fully saturated rings. The highest BCUT2D eigenvalue weighted by atomic mass is 16.3. The molecule has 1 heterocycles. The largest absolute Gasteiger partial charge is 0.456 e. The Morgan fingerprint density at radius 2 is 1.67 bits per heavy atom. The zero-order valence-corrected chi connectivity index (χ0v) is 16.2. The van der Waals surface area contributed by atoms with Crippen LogP contribution < -0.4 is 10.7 Å². The second-order valence-electron chi connectivity index (χ2n) is 7.15. The van der Waals surface area contributed by atoms with E-state index >= 15 is 0 Å². The summed E-state index contributed by atoms with van der Waals surface area (Å²) in [5.41, 5.74) is 8.74. The van der Waals surface area contributed by atoms with Crippen molar-refractivity contribution in [1.29, 1.82) is 5.41 Å². The molecule has 0 aromatic heterocycles. The first-order valence-corrected chi connectivity index (χ1v) is 9.36. The highest BCUT2D eigenvalue weighted by molar-refractivity contribution is 6.03. The summed E-state index contributed by atoms with van der Waals surface area (Å²) in [4.78, 5) is 0. The van der Waals surface area contributed by atoms with Crippen molar-refractivity contribution in [2.45, 2.75) is 27.7 Å². The molecule has 2 aromatic carbocycles. The number of aryl methyl sites for hydroxylation is 3. The fraction of sp³-hybridized carbons (Fsp3) is 0.208. The molecule has 0 saturated carbocycles. The predicted molar refractivity (Wildman–Crippen MR) is 113 cm³/mol. The second kappa shape index (κ2) is 6.58. The standard InChI is InChI=1S/C24H24N2O/c1-5-26-21-13-23-19(11-16(21)4)24(17-9-7-6-8-14(17)2)18-10-15(3)20(25)12-22(18)27-23/h6-13,25-26H,5H2,1-4H3. The van der Waals surface area contributed by atoms with Crippen LogP contribution in [-0.4, -0.2) is 6.54 Å². The van der Waals surface area contributed by atoms with Crippen LogP contribution in [0.25, 0.3) is 33.4 Å². The first-order valence-electron chi connectivity index (χ1n) is 9.36. The van der Waals surface area contributed by atoms with Crippen LogP contribution in [0.15, 0.2) is 52.9 Å². The van der Waals surface area contributed by atoms with Gasteiger partial charge in [-0.25, -0.2) is 0 Å². The third-order valence-electron chi connectivity index (χ3n) is 5.19. The van der Waals surface area contributed by atoms with Gasteiger partial charge in [0.15, 0.2) is 0 Å². The van der Waals surface area contributed by atoms with Crippen LogP contribution in [0.4, 0.5) is 5.69 Å². The maximum atomic E-state index is 8.20. The van der Waals surface area contributed by atoms with E-state index in [0.717, 1.165) is 40.1 Å². The van der Waals surface area contributed by atoms with Crippen LogP contribution in [0.5, 0.6) is 0 Å². The molecule has 0 radical (unpaired) electrons. The third kappa shape index (κ3) is 2.89. The molecule has 136 valence electrons. The predicted octanol–water partition coefficient (Wildman–Crippen LogP) is 6.04. The van der Waals surface area contributed by atoms with Gasteiger partial charge in [0.1, 0.15) is 11.3 Å². The molecule has 0 bridgehead atoms. The van der Waals surface area contributed by atoms with Crippen molar-refractivity contribution in [1.82, 2.24) is 0 Å². The average Bonchev–Trinajstić information content (AvgIpc) is 2.63. The van der Waals surface area contributed by atoms with E-state index in [0.29, 0.717) is 5.36 Å². The average molecular weight is 356 g/mol. The molecule has 2 N–H and O–H groups in total. The van der Waals surface area contributed by atoms with Gasteiger partial charge < -0.3 is 15.1 Å². The van der Waals surface area contributed by atoms with Gasteiger partial charge in [-0.3, -0.25) is 0 Å². The van der Waals surface area contributed by atoms with Gasteiger partial charge >= 0.3 is 0 Å². The first-order chi connectivity index (χ1) is 13.0. The maximum absolute atomic E-state index is 8.20. The summed E-state index contributed by atoms with van der Waals surface area (Å²) in [5.74, 6) is 0.752. The van der Waals surface area contributed by atoms with Crippen molar-refractivity contribution in [3.8, 4) is 22.5 Å². The van der Waals surface area contributed by atoms with E-state index in [1.807, 2.05) is 13.0 Å². The van der Waals surface area contributed by atoms with Crippen LogP contribution in [0, 0.1) is 26.2 Å². The molecule has 0 saturated heterocycles. The van der Waals surface area contributed by atoms with Crippen molar-refractivity contribution < 1.29 is 4.42 Å². The molecule has 4 rings (SSSR count). The number of hydrogen-bond donors (Lipinski definition) is 2. The van der Waals surface area contributed by atoms with Crippen molar-refractivity contribution >= 4 is 16.7 Å². The summed E-state index contributed by atoms with van der Waals surface area (Å²) < 4.78 is 6.27. The van der Waals surface area contributed by atoms with Gasteiger partial charge in [0.2, 0.25) is 0 Å². The summed E-state index contributed by atoms with van der Waals surface area (Å²) in [5, 5.41) is 13.2. The van der Waals surface area contributed by atoms with Gasteiger partial charge in [0.25, 0.3) is 0 Å². The Bertz CT molecular complexity index is 1190. The monoisotopic (exact) mass is 356 g/mol. The quantitative estimate of drug-likeness (QED) is 0.440. The lowest BCUT2D eigenvalue weighted by molar-refractivity contribution is 0.618. The summed E-state index contributed by atoms with van der Waals surface area (Å²) in [6, 6.07) is 16.7. The highest BCUT2D eigenvalue weighted by Gasteiger charge is 2.19. The molecule has 0 amide bonds. The molecule has 2 aromatic rings. The Labute approximate surface area is 159 Å². The molecular formula is C24H24N2O. The molecule has 3 heteroatoms. The topological polar surface area (TPSA) is 49.0 Å². The number of fused-ring (bicyclic) bond motifs is 2. The van der Waals surface area contributed by atoms with E-state index < -0.39 is 0 Å². The van der Waals surface area contributed by atoms with E-state index in [-0.39, 0.29) is 0 Å². The minimum atomic E-state index is 0.500. The smallest absolute Gasteiger partial charge is 0.137 e. The fourth-order valence-corrected chi connectivity index (χ4v) is 3.72. The fourth-order valence-electron chi connectivity index (χ4n) is 3.72. The highest BCUT2D eigenvalue weighted by Crippen LogP contribution is 2.42. The number of benzene rings is 3. The molecule has 0 unspecified atom stereocenters. The lowest BCUT2D eigenvalue weighted by Crippen LogP contribution is -2.06. The van der Waals surface area contributed by atoms with Crippen molar-refractivity contribution in [2.24, 2.45) is 0 Å². The van der Waals surface area contributed by atoms with Gasteiger partial charge in [-0.15, -0.1) is 0 Å². The molecule has 0 spiro atoms. The normalized spacial score (nSPS) is 11.3. The molecule has 1 aliphatic heterocycles. The van der Waals surface area contributed by atoms with Crippen LogP contribution in [-0.2, 0) is 0 Å². The minimum absolute atomic E-state index is 0.500. The van der Waals surface area contributed by atoms with Gasteiger partial charge in [-0.1, -0.05) is 24.3 Å². The minimum Gasteiger partial charge on any atom is -0.456 e. The van der Waals surface area contributed by atoms with Crippen molar-refractivity contribution in [3.05, 3.63) is 70.6 Å². The number of anilines is 1. The Morgan fingerprint density at radius 1 is 0.889 bits per heavy atom. The van der Waals surface area contributed by atoms with Gasteiger partial charge in [0, 0.05) is 40.9 Å². The maximum Gasteiger partial charge on any atom is 0.137 e. The van der Waals surface area contributed by atoms with Crippen molar-refractivity contribution in [3.63, 3.8) is 0 Å². The first kappa shape index (κ1) is 17.3. The van der Waals surface area contributed by atoms with Crippen molar-refractivity contribution in [2.75, 3.05) is 11.9 Å². The molecule has 0 atom stereocenters. The summed E-state index contributed by atoms with van der Waals surface area (Å²) in [6.07, 6.45) is 0. The summed E-state index contributed by atoms with van der Waals surface area (Å²) in [6.45, 7) is 9.20. The number of nitrogens with one attached hydrogen (secondary N) is 2. The number of hydrogen-bond acceptors (Lipinski definition) is 3. The van der Waals surface area contributed by atoms with Gasteiger partial charge in [0.05, 0.1) is 5.36 Å². The van der Waals surface area contributed by atoms with Gasteiger partial charge in [-0.2, -0.15) is 0 Å². The lowest BCUT2D eigenvalue weighted by atomic mass is 9.89. The Balaban J connectivity index is 2.19. The molecule has 27 heavy (non-hydrogen) atoms. The van der Waals surface area contributed by atoms with Crippen LogP contribution >= 0.6 is 0 Å². The zero-order chi connectivity index (χ0) is 19.1. The van der Waals surface area contributed by atoms with E-state index in [9.17, 15) is 0 Å². The Hall–Kier alpha value is -3.07. The van der Waals surface area contributed by atoms with E-state index in [2.05, 4.69) is 68.6 Å². The summed E-state index contributed by atoms with van der Waals surface area (Å²) >= 11 is 0. The second-order valence-corrected chi connectivity index (χ2v) is 7.15. The van der Waals surface area contributed by atoms with Crippen LogP contribution in [0.3, 0.4) is 0 Å². The molecular weight excluding hydrogens is 332 g/mol. The van der Waals surface area contributed by atoms with E-state index in [1.165, 1.54) is 22.3 Å². The van der Waals surface area contributed by atoms with E-state index in [1.54, 1.807) is 0 Å². The van der Waals surface area contributed by atoms with E-state index in [4.69, 9.17) is 9.83 Å². The molecule has 3 nitrogen and oxygen atoms in total. The van der Waals surface area contributed by atoms with Crippen LogP contribution in [0.1, 0.15) is 23.6 Å². The SMILES string of the molecule is CCNc1cc2oc3cc(=N)c(C)cc-3c(-c3ccccc3C)c2cc1C. The summed E-state index contributed by atoms with van der Waals surface area (Å²) in [7, 11) is 0.